The quantitative estimate of drug-likeness (QED) is 0.906. The molecule has 0 atom stereocenters. The summed E-state index contributed by atoms with van der Waals surface area (Å²) in [4.78, 5) is 4.29. The van der Waals surface area contributed by atoms with Gasteiger partial charge in [-0.2, -0.15) is 5.26 Å². The highest BCUT2D eigenvalue weighted by Gasteiger charge is 2.03. The molecular weight excluding hydrogens is 237 g/mol. The fraction of sp³-hybridized carbons (Fsp3) is 0.167. The molecule has 2 aromatic rings. The minimum Gasteiger partial charge on any atom is -0.379 e. The Bertz CT molecular complexity index is 571. The lowest BCUT2D eigenvalue weighted by Crippen LogP contribution is -2.00. The van der Waals surface area contributed by atoms with E-state index in [-0.39, 0.29) is 5.56 Å². The Morgan fingerprint density at radius 1 is 1.53 bits per heavy atom. The number of hydrogen-bond donors (Lipinski definition) is 1. The molecule has 2 rings (SSSR count). The van der Waals surface area contributed by atoms with Crippen molar-refractivity contribution in [2.75, 3.05) is 5.32 Å². The molecule has 0 bridgehead atoms. The molecule has 1 aromatic carbocycles. The van der Waals surface area contributed by atoms with Crippen LogP contribution >= 0.6 is 11.3 Å². The number of rotatable bonds is 3. The van der Waals surface area contributed by atoms with Gasteiger partial charge in [0.05, 0.1) is 22.8 Å². The molecule has 0 fully saturated rings. The Kier molecular flexibility index (Phi) is 3.35. The molecule has 0 saturated carbocycles. The van der Waals surface area contributed by atoms with Gasteiger partial charge in [0.25, 0.3) is 0 Å². The van der Waals surface area contributed by atoms with E-state index in [4.69, 9.17) is 5.26 Å². The molecule has 1 N–H and O–H groups in total. The fourth-order valence-corrected chi connectivity index (χ4v) is 2.01. The summed E-state index contributed by atoms with van der Waals surface area (Å²) < 4.78 is 13.3. The number of halogens is 1. The predicted molar refractivity (Wildman–Crippen MR) is 65.3 cm³/mol. The monoisotopic (exact) mass is 247 g/mol. The van der Waals surface area contributed by atoms with E-state index in [1.807, 2.05) is 12.3 Å². The van der Waals surface area contributed by atoms with Crippen LogP contribution in [-0.4, -0.2) is 4.98 Å². The number of nitriles is 1. The summed E-state index contributed by atoms with van der Waals surface area (Å²) in [6.45, 7) is 2.49. The molecule has 0 aliphatic heterocycles. The Balaban J connectivity index is 2.05. The number of anilines is 1. The summed E-state index contributed by atoms with van der Waals surface area (Å²) in [6, 6.07) is 6.25. The standard InChI is InChI=1S/C12H10FN3S/c1-8-16-11(7-17-8)6-15-10-3-2-9(5-14)12(13)4-10/h2-4,7,15H,6H2,1H3. The molecule has 0 unspecified atom stereocenters. The van der Waals surface area contributed by atoms with Crippen LogP contribution in [-0.2, 0) is 6.54 Å². The van der Waals surface area contributed by atoms with Crippen molar-refractivity contribution in [3.63, 3.8) is 0 Å². The molecule has 0 aliphatic rings. The molecule has 0 amide bonds. The third kappa shape index (κ3) is 2.80. The zero-order chi connectivity index (χ0) is 12.3. The molecule has 3 nitrogen and oxygen atoms in total. The summed E-state index contributed by atoms with van der Waals surface area (Å²) in [5.41, 5.74) is 1.63. The van der Waals surface area contributed by atoms with Gasteiger partial charge in [0.15, 0.2) is 0 Å². The number of nitrogens with one attached hydrogen (secondary N) is 1. The Morgan fingerprint density at radius 2 is 2.35 bits per heavy atom. The van der Waals surface area contributed by atoms with Crippen molar-refractivity contribution in [1.82, 2.24) is 4.98 Å². The molecule has 1 aromatic heterocycles. The van der Waals surface area contributed by atoms with Gasteiger partial charge in [-0.3, -0.25) is 0 Å². The maximum Gasteiger partial charge on any atom is 0.143 e. The molecule has 86 valence electrons. The van der Waals surface area contributed by atoms with Gasteiger partial charge in [0.2, 0.25) is 0 Å². The van der Waals surface area contributed by atoms with Crippen molar-refractivity contribution in [2.24, 2.45) is 0 Å². The summed E-state index contributed by atoms with van der Waals surface area (Å²) in [5, 5.41) is 14.6. The van der Waals surface area contributed by atoms with Crippen molar-refractivity contribution >= 4 is 17.0 Å². The maximum absolute atomic E-state index is 13.3. The zero-order valence-electron chi connectivity index (χ0n) is 9.20. The first-order valence-electron chi connectivity index (χ1n) is 5.03. The van der Waals surface area contributed by atoms with Crippen LogP contribution in [0.3, 0.4) is 0 Å². The fourth-order valence-electron chi connectivity index (χ4n) is 1.40. The Morgan fingerprint density at radius 3 is 2.94 bits per heavy atom. The van der Waals surface area contributed by atoms with Gasteiger partial charge in [0, 0.05) is 11.1 Å². The molecule has 0 aliphatic carbocycles. The normalized spacial score (nSPS) is 9.94. The third-order valence-electron chi connectivity index (χ3n) is 2.23. The predicted octanol–water partition coefficient (Wildman–Crippen LogP) is 3.07. The van der Waals surface area contributed by atoms with E-state index in [9.17, 15) is 4.39 Å². The average molecular weight is 247 g/mol. The van der Waals surface area contributed by atoms with E-state index in [2.05, 4.69) is 10.3 Å². The molecule has 5 heteroatoms. The molecule has 0 radical (unpaired) electrons. The second kappa shape index (κ2) is 4.93. The second-order valence-electron chi connectivity index (χ2n) is 3.52. The smallest absolute Gasteiger partial charge is 0.143 e. The van der Waals surface area contributed by atoms with Crippen LogP contribution in [0.15, 0.2) is 23.6 Å². The van der Waals surface area contributed by atoms with Gasteiger partial charge in [-0.15, -0.1) is 11.3 Å². The van der Waals surface area contributed by atoms with Gasteiger partial charge < -0.3 is 5.32 Å². The maximum atomic E-state index is 13.3. The van der Waals surface area contributed by atoms with E-state index in [0.717, 1.165) is 10.7 Å². The van der Waals surface area contributed by atoms with E-state index >= 15 is 0 Å². The first-order chi connectivity index (χ1) is 8.19. The van der Waals surface area contributed by atoms with Gasteiger partial charge >= 0.3 is 0 Å². The number of aryl methyl sites for hydroxylation is 1. The Hall–Kier alpha value is -1.93. The lowest BCUT2D eigenvalue weighted by molar-refractivity contribution is 0.624. The van der Waals surface area contributed by atoms with Gasteiger partial charge in [-0.05, 0) is 25.1 Å². The number of benzene rings is 1. The van der Waals surface area contributed by atoms with Crippen LogP contribution in [0, 0.1) is 24.1 Å². The molecule has 17 heavy (non-hydrogen) atoms. The SMILES string of the molecule is Cc1nc(CNc2ccc(C#N)c(F)c2)cs1. The van der Waals surface area contributed by atoms with Crippen LogP contribution in [0.2, 0.25) is 0 Å². The molecule has 0 spiro atoms. The van der Waals surface area contributed by atoms with Gasteiger partial charge in [-0.1, -0.05) is 0 Å². The Labute approximate surface area is 103 Å². The minimum absolute atomic E-state index is 0.0556. The second-order valence-corrected chi connectivity index (χ2v) is 4.58. The van der Waals surface area contributed by atoms with E-state index in [1.165, 1.54) is 12.1 Å². The number of hydrogen-bond acceptors (Lipinski definition) is 4. The molecule has 0 saturated heterocycles. The summed E-state index contributed by atoms with van der Waals surface area (Å²) in [7, 11) is 0. The first-order valence-corrected chi connectivity index (χ1v) is 5.91. The number of thiazole rings is 1. The van der Waals surface area contributed by atoms with Crippen LogP contribution in [0.1, 0.15) is 16.3 Å². The van der Waals surface area contributed by atoms with Gasteiger partial charge in [0.1, 0.15) is 11.9 Å². The highest BCUT2D eigenvalue weighted by atomic mass is 32.1. The van der Waals surface area contributed by atoms with Crippen molar-refractivity contribution in [2.45, 2.75) is 13.5 Å². The summed E-state index contributed by atoms with van der Waals surface area (Å²) >= 11 is 1.58. The largest absolute Gasteiger partial charge is 0.379 e. The van der Waals surface area contributed by atoms with Crippen LogP contribution in [0.4, 0.5) is 10.1 Å². The van der Waals surface area contributed by atoms with Crippen molar-refractivity contribution < 1.29 is 4.39 Å². The lowest BCUT2D eigenvalue weighted by Gasteiger charge is -2.04. The molecular formula is C12H10FN3S. The zero-order valence-corrected chi connectivity index (χ0v) is 10.0. The number of nitrogens with zero attached hydrogens (tertiary/aromatic N) is 2. The van der Waals surface area contributed by atoms with E-state index in [1.54, 1.807) is 23.5 Å². The van der Waals surface area contributed by atoms with Crippen molar-refractivity contribution in [1.29, 1.82) is 5.26 Å². The van der Waals surface area contributed by atoms with Crippen LogP contribution in [0.5, 0.6) is 0 Å². The lowest BCUT2D eigenvalue weighted by atomic mass is 10.2. The van der Waals surface area contributed by atoms with E-state index in [0.29, 0.717) is 12.2 Å². The van der Waals surface area contributed by atoms with Crippen LogP contribution in [0.25, 0.3) is 0 Å². The number of aromatic nitrogens is 1. The molecule has 1 heterocycles. The average Bonchev–Trinajstić information content (AvgIpc) is 2.73. The van der Waals surface area contributed by atoms with E-state index < -0.39 is 5.82 Å². The third-order valence-corrected chi connectivity index (χ3v) is 3.05. The van der Waals surface area contributed by atoms with Crippen LogP contribution < -0.4 is 5.32 Å². The van der Waals surface area contributed by atoms with Gasteiger partial charge in [-0.25, -0.2) is 9.37 Å². The van der Waals surface area contributed by atoms with Crippen molar-refractivity contribution in [3.05, 3.63) is 45.7 Å². The minimum atomic E-state index is -0.507. The highest BCUT2D eigenvalue weighted by Crippen LogP contribution is 2.15. The summed E-state index contributed by atoms with van der Waals surface area (Å²) in [5.74, 6) is -0.507. The first kappa shape index (κ1) is 11.6. The highest BCUT2D eigenvalue weighted by molar-refractivity contribution is 7.09. The summed E-state index contributed by atoms with van der Waals surface area (Å²) in [6.07, 6.45) is 0. The topological polar surface area (TPSA) is 48.7 Å². The van der Waals surface area contributed by atoms with Crippen molar-refractivity contribution in [3.8, 4) is 6.07 Å².